The third kappa shape index (κ3) is 2.73. The standard InChI is InChI=1S/C16H13NO3S/c1-19-14-12-8-5-9-17-15(12)21-13(14)10-20-16(18)11-6-3-2-4-7-11/h2-9H,10H2,1H3. The number of thiophene rings is 1. The fourth-order valence-electron chi connectivity index (χ4n) is 2.07. The lowest BCUT2D eigenvalue weighted by atomic mass is 10.2. The van der Waals surface area contributed by atoms with Gasteiger partial charge in [0.1, 0.15) is 17.2 Å². The summed E-state index contributed by atoms with van der Waals surface area (Å²) in [5, 5.41) is 0.941. The molecule has 0 bridgehead atoms. The largest absolute Gasteiger partial charge is 0.495 e. The molecule has 0 amide bonds. The SMILES string of the molecule is COc1c(COC(=O)c2ccccc2)sc2ncccc12. The van der Waals surface area contributed by atoms with E-state index in [9.17, 15) is 4.79 Å². The molecule has 0 aliphatic rings. The van der Waals surface area contributed by atoms with Gasteiger partial charge in [-0.2, -0.15) is 0 Å². The van der Waals surface area contributed by atoms with E-state index in [-0.39, 0.29) is 12.6 Å². The van der Waals surface area contributed by atoms with Crippen LogP contribution in [0.25, 0.3) is 10.2 Å². The van der Waals surface area contributed by atoms with Crippen molar-refractivity contribution in [2.75, 3.05) is 7.11 Å². The molecular weight excluding hydrogens is 286 g/mol. The van der Waals surface area contributed by atoms with Crippen molar-refractivity contribution in [2.24, 2.45) is 0 Å². The van der Waals surface area contributed by atoms with Crippen LogP contribution in [0.15, 0.2) is 48.7 Å². The fraction of sp³-hybridized carbons (Fsp3) is 0.125. The van der Waals surface area contributed by atoms with E-state index in [1.165, 1.54) is 11.3 Å². The monoisotopic (exact) mass is 299 g/mol. The molecule has 0 aliphatic carbocycles. The van der Waals surface area contributed by atoms with Crippen molar-refractivity contribution < 1.29 is 14.3 Å². The maximum atomic E-state index is 12.0. The zero-order valence-electron chi connectivity index (χ0n) is 11.4. The van der Waals surface area contributed by atoms with E-state index in [0.717, 1.165) is 20.8 Å². The van der Waals surface area contributed by atoms with Crippen LogP contribution in [-0.2, 0) is 11.3 Å². The van der Waals surface area contributed by atoms with Gasteiger partial charge in [0.2, 0.25) is 0 Å². The van der Waals surface area contributed by atoms with Gasteiger partial charge in [0, 0.05) is 6.20 Å². The Labute approximate surface area is 126 Å². The highest BCUT2D eigenvalue weighted by Gasteiger charge is 2.15. The Kier molecular flexibility index (Phi) is 3.83. The summed E-state index contributed by atoms with van der Waals surface area (Å²) in [6, 6.07) is 12.7. The van der Waals surface area contributed by atoms with Crippen LogP contribution in [0, 0.1) is 0 Å². The van der Waals surface area contributed by atoms with E-state index in [1.807, 2.05) is 18.2 Å². The molecule has 5 heteroatoms. The highest BCUT2D eigenvalue weighted by Crippen LogP contribution is 2.36. The molecule has 3 rings (SSSR count). The third-order valence-corrected chi connectivity index (χ3v) is 4.11. The molecule has 2 aromatic heterocycles. The lowest BCUT2D eigenvalue weighted by Crippen LogP contribution is -2.04. The summed E-state index contributed by atoms with van der Waals surface area (Å²) in [4.78, 5) is 18.0. The van der Waals surface area contributed by atoms with Crippen molar-refractivity contribution in [1.82, 2.24) is 4.98 Å². The summed E-state index contributed by atoms with van der Waals surface area (Å²) in [6.07, 6.45) is 1.73. The van der Waals surface area contributed by atoms with Crippen LogP contribution in [0.3, 0.4) is 0 Å². The number of esters is 1. The van der Waals surface area contributed by atoms with Crippen molar-refractivity contribution in [1.29, 1.82) is 0 Å². The molecule has 0 spiro atoms. The number of pyridine rings is 1. The maximum Gasteiger partial charge on any atom is 0.338 e. The average molecular weight is 299 g/mol. The van der Waals surface area contributed by atoms with Gasteiger partial charge in [-0.3, -0.25) is 0 Å². The minimum absolute atomic E-state index is 0.178. The number of carbonyl (C=O) groups excluding carboxylic acids is 1. The normalized spacial score (nSPS) is 10.5. The summed E-state index contributed by atoms with van der Waals surface area (Å²) in [7, 11) is 1.61. The summed E-state index contributed by atoms with van der Waals surface area (Å²) in [5.41, 5.74) is 0.538. The van der Waals surface area contributed by atoms with Crippen LogP contribution >= 0.6 is 11.3 Å². The molecule has 0 atom stereocenters. The quantitative estimate of drug-likeness (QED) is 0.690. The number of ether oxygens (including phenoxy) is 2. The second-order valence-corrected chi connectivity index (χ2v) is 5.44. The minimum Gasteiger partial charge on any atom is -0.495 e. The van der Waals surface area contributed by atoms with Crippen molar-refractivity contribution >= 4 is 27.5 Å². The van der Waals surface area contributed by atoms with Crippen LogP contribution in [0.5, 0.6) is 5.75 Å². The maximum absolute atomic E-state index is 12.0. The number of hydrogen-bond donors (Lipinski definition) is 0. The van der Waals surface area contributed by atoms with E-state index >= 15 is 0 Å². The molecule has 0 N–H and O–H groups in total. The highest BCUT2D eigenvalue weighted by molar-refractivity contribution is 7.19. The topological polar surface area (TPSA) is 48.4 Å². The second-order valence-electron chi connectivity index (χ2n) is 4.36. The Morgan fingerprint density at radius 1 is 1.19 bits per heavy atom. The summed E-state index contributed by atoms with van der Waals surface area (Å²) in [6.45, 7) is 0.178. The molecule has 0 saturated carbocycles. The fourth-order valence-corrected chi connectivity index (χ4v) is 3.09. The number of nitrogens with zero attached hydrogens (tertiary/aromatic N) is 1. The van der Waals surface area contributed by atoms with E-state index in [2.05, 4.69) is 4.98 Å². The molecular formula is C16H13NO3S. The molecule has 0 fully saturated rings. The van der Waals surface area contributed by atoms with Crippen LogP contribution < -0.4 is 4.74 Å². The molecule has 2 heterocycles. The number of fused-ring (bicyclic) bond motifs is 1. The van der Waals surface area contributed by atoms with Gasteiger partial charge in [-0.05, 0) is 24.3 Å². The minimum atomic E-state index is -0.344. The van der Waals surface area contributed by atoms with Gasteiger partial charge in [0.05, 0.1) is 22.9 Å². The van der Waals surface area contributed by atoms with Gasteiger partial charge in [0.25, 0.3) is 0 Å². The van der Waals surface area contributed by atoms with Crippen LogP contribution in [0.4, 0.5) is 0 Å². The van der Waals surface area contributed by atoms with Gasteiger partial charge in [-0.25, -0.2) is 9.78 Å². The number of benzene rings is 1. The zero-order chi connectivity index (χ0) is 14.7. The summed E-state index contributed by atoms with van der Waals surface area (Å²) in [5.74, 6) is 0.382. The molecule has 3 aromatic rings. The van der Waals surface area contributed by atoms with Crippen molar-refractivity contribution in [2.45, 2.75) is 6.61 Å². The van der Waals surface area contributed by atoms with Gasteiger partial charge < -0.3 is 9.47 Å². The zero-order valence-corrected chi connectivity index (χ0v) is 12.2. The molecule has 0 unspecified atom stereocenters. The first kappa shape index (κ1) is 13.6. The predicted molar refractivity (Wildman–Crippen MR) is 81.7 cm³/mol. The Balaban J connectivity index is 1.81. The second kappa shape index (κ2) is 5.93. The van der Waals surface area contributed by atoms with Crippen molar-refractivity contribution in [3.8, 4) is 5.75 Å². The molecule has 106 valence electrons. The van der Waals surface area contributed by atoms with Gasteiger partial charge in [-0.1, -0.05) is 18.2 Å². The van der Waals surface area contributed by atoms with E-state index in [1.54, 1.807) is 37.6 Å². The number of aromatic nitrogens is 1. The molecule has 21 heavy (non-hydrogen) atoms. The third-order valence-electron chi connectivity index (χ3n) is 3.04. The molecule has 1 aromatic carbocycles. The average Bonchev–Trinajstić information content (AvgIpc) is 2.91. The summed E-state index contributed by atoms with van der Waals surface area (Å²) < 4.78 is 10.8. The first-order valence-electron chi connectivity index (χ1n) is 6.42. The number of methoxy groups -OCH3 is 1. The Morgan fingerprint density at radius 3 is 2.76 bits per heavy atom. The Bertz CT molecular complexity index is 768. The van der Waals surface area contributed by atoms with Crippen LogP contribution in [0.1, 0.15) is 15.2 Å². The molecule has 0 aliphatic heterocycles. The van der Waals surface area contributed by atoms with Crippen LogP contribution in [-0.4, -0.2) is 18.1 Å². The first-order valence-corrected chi connectivity index (χ1v) is 7.24. The van der Waals surface area contributed by atoms with E-state index in [0.29, 0.717) is 5.56 Å². The molecule has 0 saturated heterocycles. The Morgan fingerprint density at radius 2 is 2.00 bits per heavy atom. The highest BCUT2D eigenvalue weighted by atomic mass is 32.1. The lowest BCUT2D eigenvalue weighted by molar-refractivity contribution is 0.0474. The number of rotatable bonds is 4. The van der Waals surface area contributed by atoms with Gasteiger partial charge in [0.15, 0.2) is 0 Å². The van der Waals surface area contributed by atoms with Crippen molar-refractivity contribution in [3.63, 3.8) is 0 Å². The smallest absolute Gasteiger partial charge is 0.338 e. The summed E-state index contributed by atoms with van der Waals surface area (Å²) >= 11 is 1.47. The Hall–Kier alpha value is -2.40. The predicted octanol–water partition coefficient (Wildman–Crippen LogP) is 3.66. The van der Waals surface area contributed by atoms with Crippen LogP contribution in [0.2, 0.25) is 0 Å². The number of carbonyl (C=O) groups is 1. The van der Waals surface area contributed by atoms with Crippen molar-refractivity contribution in [3.05, 3.63) is 59.1 Å². The first-order chi connectivity index (χ1) is 10.3. The van der Waals surface area contributed by atoms with Gasteiger partial charge >= 0.3 is 5.97 Å². The van der Waals surface area contributed by atoms with Gasteiger partial charge in [-0.15, -0.1) is 11.3 Å². The van der Waals surface area contributed by atoms with E-state index in [4.69, 9.17) is 9.47 Å². The van der Waals surface area contributed by atoms with E-state index < -0.39 is 0 Å². The molecule has 4 nitrogen and oxygen atoms in total. The molecule has 0 radical (unpaired) electrons. The number of hydrogen-bond acceptors (Lipinski definition) is 5. The lowest BCUT2D eigenvalue weighted by Gasteiger charge is -2.05.